The molecule has 1 fully saturated rings. The molecule has 1 aliphatic rings. The summed E-state index contributed by atoms with van der Waals surface area (Å²) in [5.41, 5.74) is -1.22. The summed E-state index contributed by atoms with van der Waals surface area (Å²) >= 11 is 0. The van der Waals surface area contributed by atoms with Gasteiger partial charge in [-0.1, -0.05) is 18.2 Å². The number of nitrogens with one attached hydrogen (secondary N) is 1. The average Bonchev–Trinajstić information content (AvgIpc) is 2.72. The van der Waals surface area contributed by atoms with Gasteiger partial charge >= 0.3 is 6.09 Å². The van der Waals surface area contributed by atoms with Crippen molar-refractivity contribution in [1.29, 1.82) is 0 Å². The van der Waals surface area contributed by atoms with Gasteiger partial charge in [0, 0.05) is 5.56 Å². The Kier molecular flexibility index (Phi) is 3.29. The molecular weight excluding hydrogens is 241 g/mol. The van der Waals surface area contributed by atoms with Crippen molar-refractivity contribution in [2.24, 2.45) is 5.92 Å². The van der Waals surface area contributed by atoms with Crippen LogP contribution in [-0.4, -0.2) is 30.7 Å². The molecule has 18 heavy (non-hydrogen) atoms. The van der Waals surface area contributed by atoms with Gasteiger partial charge in [0.05, 0.1) is 19.1 Å². The molecule has 1 heterocycles. The Morgan fingerprint density at radius 3 is 2.89 bits per heavy atom. The topological polar surface area (TPSA) is 75.6 Å². The largest absolute Gasteiger partial charge is 0.465 e. The number of halogens is 1. The van der Waals surface area contributed by atoms with Crippen LogP contribution in [0.15, 0.2) is 24.3 Å². The van der Waals surface area contributed by atoms with Crippen LogP contribution in [0.1, 0.15) is 5.56 Å². The van der Waals surface area contributed by atoms with E-state index >= 15 is 0 Å². The lowest BCUT2D eigenvalue weighted by Crippen LogP contribution is -2.51. The molecular formula is C12H12FNO4. The Balaban J connectivity index is 2.52. The number of hydrogen-bond donors (Lipinski definition) is 2. The highest BCUT2D eigenvalue weighted by Gasteiger charge is 2.48. The monoisotopic (exact) mass is 253 g/mol. The van der Waals surface area contributed by atoms with Gasteiger partial charge in [-0.2, -0.15) is 0 Å². The minimum atomic E-state index is -1.35. The van der Waals surface area contributed by atoms with Gasteiger partial charge in [0.25, 0.3) is 0 Å². The molecule has 0 saturated carbocycles. The molecule has 96 valence electrons. The van der Waals surface area contributed by atoms with Crippen LogP contribution < -0.4 is 5.32 Å². The molecule has 1 amide bonds. The highest BCUT2D eigenvalue weighted by Crippen LogP contribution is 2.35. The molecule has 6 heteroatoms. The van der Waals surface area contributed by atoms with Crippen LogP contribution >= 0.6 is 0 Å². The summed E-state index contributed by atoms with van der Waals surface area (Å²) in [5, 5.41) is 11.1. The van der Waals surface area contributed by atoms with E-state index in [9.17, 15) is 14.0 Å². The summed E-state index contributed by atoms with van der Waals surface area (Å²) in [6, 6.07) is 5.76. The molecule has 2 atom stereocenters. The lowest BCUT2D eigenvalue weighted by molar-refractivity contribution is -0.112. The third-order valence-corrected chi connectivity index (χ3v) is 3.11. The lowest BCUT2D eigenvalue weighted by atomic mass is 9.81. The number of carbonyl (C=O) groups excluding carboxylic acids is 1. The molecule has 1 aromatic carbocycles. The summed E-state index contributed by atoms with van der Waals surface area (Å²) in [5.74, 6) is -1.31. The molecule has 1 aliphatic heterocycles. The van der Waals surface area contributed by atoms with Gasteiger partial charge in [-0.05, 0) is 6.07 Å². The predicted molar refractivity (Wildman–Crippen MR) is 59.6 cm³/mol. The van der Waals surface area contributed by atoms with Crippen molar-refractivity contribution in [2.75, 3.05) is 13.2 Å². The van der Waals surface area contributed by atoms with E-state index in [-0.39, 0.29) is 18.8 Å². The number of aldehydes is 1. The zero-order valence-electron chi connectivity index (χ0n) is 9.43. The molecule has 2 rings (SSSR count). The molecule has 0 radical (unpaired) electrons. The summed E-state index contributed by atoms with van der Waals surface area (Å²) in [6.45, 7) is 0.00174. The molecule has 5 nitrogen and oxygen atoms in total. The molecule has 2 N–H and O–H groups in total. The van der Waals surface area contributed by atoms with Gasteiger partial charge < -0.3 is 20.0 Å². The van der Waals surface area contributed by atoms with Gasteiger partial charge in [-0.25, -0.2) is 9.18 Å². The van der Waals surface area contributed by atoms with Crippen LogP contribution in [0.2, 0.25) is 0 Å². The molecule has 1 saturated heterocycles. The number of benzene rings is 1. The van der Waals surface area contributed by atoms with Crippen LogP contribution in [0.3, 0.4) is 0 Å². The third-order valence-electron chi connectivity index (χ3n) is 3.11. The molecule has 0 bridgehead atoms. The average molecular weight is 253 g/mol. The summed E-state index contributed by atoms with van der Waals surface area (Å²) in [4.78, 5) is 22.0. The summed E-state index contributed by atoms with van der Waals surface area (Å²) < 4.78 is 19.0. The quantitative estimate of drug-likeness (QED) is 0.792. The van der Waals surface area contributed by atoms with E-state index in [1.165, 1.54) is 18.2 Å². The Hall–Kier alpha value is -1.95. The second kappa shape index (κ2) is 4.73. The fraction of sp³-hybridized carbons (Fsp3) is 0.333. The van der Waals surface area contributed by atoms with E-state index in [4.69, 9.17) is 9.84 Å². The van der Waals surface area contributed by atoms with E-state index in [1.807, 2.05) is 0 Å². The second-order valence-electron chi connectivity index (χ2n) is 4.14. The van der Waals surface area contributed by atoms with Crippen LogP contribution in [0.4, 0.5) is 9.18 Å². The standard InChI is InChI=1S/C12H12FNO4/c13-10-4-2-1-3-9(10)12(14-11(16)17)7-18-6-8(12)5-15/h1-5,8,14H,6-7H2,(H,16,17)/t8-,12+/m1/s1. The van der Waals surface area contributed by atoms with Crippen LogP contribution in [-0.2, 0) is 15.1 Å². The third kappa shape index (κ3) is 1.95. The van der Waals surface area contributed by atoms with E-state index in [1.54, 1.807) is 6.07 Å². The van der Waals surface area contributed by atoms with Gasteiger partial charge in [-0.3, -0.25) is 0 Å². The van der Waals surface area contributed by atoms with E-state index < -0.39 is 23.4 Å². The molecule has 0 spiro atoms. The van der Waals surface area contributed by atoms with Crippen molar-refractivity contribution >= 4 is 12.4 Å². The minimum Gasteiger partial charge on any atom is -0.465 e. The van der Waals surface area contributed by atoms with E-state index in [2.05, 4.69) is 5.32 Å². The van der Waals surface area contributed by atoms with Gasteiger partial charge in [0.2, 0.25) is 0 Å². The van der Waals surface area contributed by atoms with Crippen molar-refractivity contribution < 1.29 is 23.8 Å². The van der Waals surface area contributed by atoms with Crippen LogP contribution in [0.5, 0.6) is 0 Å². The number of carbonyl (C=O) groups is 2. The number of hydrogen-bond acceptors (Lipinski definition) is 3. The van der Waals surface area contributed by atoms with Crippen molar-refractivity contribution in [2.45, 2.75) is 5.54 Å². The number of carboxylic acid groups (broad SMARTS) is 1. The first-order valence-electron chi connectivity index (χ1n) is 5.39. The lowest BCUT2D eigenvalue weighted by Gasteiger charge is -2.31. The van der Waals surface area contributed by atoms with Crippen molar-refractivity contribution in [3.05, 3.63) is 35.6 Å². The Morgan fingerprint density at radius 2 is 2.28 bits per heavy atom. The maximum absolute atomic E-state index is 13.8. The zero-order valence-corrected chi connectivity index (χ0v) is 9.43. The normalized spacial score (nSPS) is 26.8. The molecule has 1 aromatic rings. The fourth-order valence-electron chi connectivity index (χ4n) is 2.24. The Morgan fingerprint density at radius 1 is 1.56 bits per heavy atom. The van der Waals surface area contributed by atoms with Crippen LogP contribution in [0.25, 0.3) is 0 Å². The fourth-order valence-corrected chi connectivity index (χ4v) is 2.24. The number of rotatable bonds is 3. The Labute approximate surface area is 103 Å². The van der Waals surface area contributed by atoms with Gasteiger partial charge in [0.15, 0.2) is 0 Å². The van der Waals surface area contributed by atoms with Crippen molar-refractivity contribution in [3.8, 4) is 0 Å². The predicted octanol–water partition coefficient (Wildman–Crippen LogP) is 1.13. The van der Waals surface area contributed by atoms with Gasteiger partial charge in [0.1, 0.15) is 17.6 Å². The maximum Gasteiger partial charge on any atom is 0.405 e. The minimum absolute atomic E-state index is 0.0658. The SMILES string of the molecule is O=C[C@@H]1COC[C@@]1(NC(=O)O)c1ccccc1F. The first-order valence-corrected chi connectivity index (χ1v) is 5.39. The molecule has 0 aromatic heterocycles. The molecule has 0 unspecified atom stereocenters. The molecule has 0 aliphatic carbocycles. The van der Waals surface area contributed by atoms with E-state index in [0.717, 1.165) is 0 Å². The number of ether oxygens (including phenoxy) is 1. The summed E-state index contributed by atoms with van der Waals surface area (Å²) in [6.07, 6.45) is -0.731. The first kappa shape index (κ1) is 12.5. The first-order chi connectivity index (χ1) is 8.60. The van der Waals surface area contributed by atoms with Crippen molar-refractivity contribution in [1.82, 2.24) is 5.32 Å². The zero-order chi connectivity index (χ0) is 13.2. The van der Waals surface area contributed by atoms with Crippen LogP contribution in [0, 0.1) is 11.7 Å². The highest BCUT2D eigenvalue weighted by molar-refractivity contribution is 5.69. The summed E-state index contributed by atoms with van der Waals surface area (Å²) in [7, 11) is 0. The van der Waals surface area contributed by atoms with Gasteiger partial charge in [-0.15, -0.1) is 0 Å². The highest BCUT2D eigenvalue weighted by atomic mass is 19.1. The second-order valence-corrected chi connectivity index (χ2v) is 4.14. The Bertz CT molecular complexity index is 479. The maximum atomic E-state index is 13.8. The van der Waals surface area contributed by atoms with E-state index in [0.29, 0.717) is 6.29 Å². The van der Waals surface area contributed by atoms with Crippen molar-refractivity contribution in [3.63, 3.8) is 0 Å². The number of amides is 1. The smallest absolute Gasteiger partial charge is 0.405 e.